The van der Waals surface area contributed by atoms with Gasteiger partial charge >= 0.3 is 5.97 Å². The Morgan fingerprint density at radius 3 is 2.52 bits per heavy atom. The first-order valence-electron chi connectivity index (χ1n) is 7.08. The molecular formula is C18H18O3. The molecule has 0 aromatic heterocycles. The van der Waals surface area contributed by atoms with E-state index in [1.807, 2.05) is 30.3 Å². The van der Waals surface area contributed by atoms with Crippen LogP contribution in [0.3, 0.4) is 0 Å². The molecule has 2 unspecified atom stereocenters. The summed E-state index contributed by atoms with van der Waals surface area (Å²) in [5.41, 5.74) is 4.03. The second kappa shape index (κ2) is 4.71. The Kier molecular flexibility index (Phi) is 3.10. The zero-order chi connectivity index (χ0) is 15.2. The summed E-state index contributed by atoms with van der Waals surface area (Å²) in [4.78, 5) is 11.2. The van der Waals surface area contributed by atoms with Gasteiger partial charge in [0.15, 0.2) is 5.60 Å². The van der Waals surface area contributed by atoms with Crippen molar-refractivity contribution in [3.63, 3.8) is 0 Å². The van der Waals surface area contributed by atoms with Gasteiger partial charge in [0.25, 0.3) is 0 Å². The lowest BCUT2D eigenvalue weighted by Gasteiger charge is -2.26. The van der Waals surface area contributed by atoms with Crippen LogP contribution in [0.25, 0.3) is 11.1 Å². The Balaban J connectivity index is 2.00. The van der Waals surface area contributed by atoms with Gasteiger partial charge in [-0.05, 0) is 41.2 Å². The van der Waals surface area contributed by atoms with E-state index in [2.05, 4.69) is 12.1 Å². The molecule has 0 heterocycles. The van der Waals surface area contributed by atoms with Gasteiger partial charge in [0, 0.05) is 5.92 Å². The summed E-state index contributed by atoms with van der Waals surface area (Å²) in [6.45, 7) is 3.10. The van der Waals surface area contributed by atoms with Crippen molar-refractivity contribution in [1.29, 1.82) is 0 Å². The Bertz CT molecular complexity index is 716. The highest BCUT2D eigenvalue weighted by molar-refractivity contribution is 5.79. The van der Waals surface area contributed by atoms with Crippen LogP contribution in [0.2, 0.25) is 0 Å². The van der Waals surface area contributed by atoms with Gasteiger partial charge < -0.3 is 10.2 Å². The molecule has 0 spiro atoms. The number of carbonyl (C=O) groups is 1. The predicted octanol–water partition coefficient (Wildman–Crippen LogP) is 3.20. The summed E-state index contributed by atoms with van der Waals surface area (Å²) in [6, 6.07) is 14.3. The number of fused-ring (bicyclic) bond motifs is 3. The fraction of sp³-hybridized carbons (Fsp3) is 0.278. The van der Waals surface area contributed by atoms with Crippen molar-refractivity contribution >= 4 is 5.97 Å². The summed E-state index contributed by atoms with van der Waals surface area (Å²) >= 11 is 0. The third-order valence-corrected chi connectivity index (χ3v) is 4.59. The minimum absolute atomic E-state index is 0.469. The molecule has 0 radical (unpaired) electrons. The van der Waals surface area contributed by atoms with Crippen molar-refractivity contribution in [2.75, 3.05) is 0 Å². The lowest BCUT2D eigenvalue weighted by atomic mass is 9.84. The van der Waals surface area contributed by atoms with Crippen LogP contribution in [0.4, 0.5) is 0 Å². The number of benzene rings is 2. The van der Waals surface area contributed by atoms with Crippen LogP contribution in [0.15, 0.2) is 42.5 Å². The van der Waals surface area contributed by atoms with Gasteiger partial charge in [0.1, 0.15) is 0 Å². The molecule has 2 N–H and O–H groups in total. The van der Waals surface area contributed by atoms with Crippen LogP contribution in [0, 0.1) is 0 Å². The van der Waals surface area contributed by atoms with Gasteiger partial charge in [0.2, 0.25) is 0 Å². The van der Waals surface area contributed by atoms with E-state index in [1.165, 1.54) is 29.2 Å². The second-order valence-electron chi connectivity index (χ2n) is 5.92. The lowest BCUT2D eigenvalue weighted by molar-refractivity contribution is -0.158. The highest BCUT2D eigenvalue weighted by Crippen LogP contribution is 2.39. The average molecular weight is 282 g/mol. The van der Waals surface area contributed by atoms with Crippen LogP contribution in [-0.4, -0.2) is 21.8 Å². The number of rotatable bonds is 3. The molecule has 108 valence electrons. The maximum absolute atomic E-state index is 11.2. The van der Waals surface area contributed by atoms with Crippen LogP contribution >= 0.6 is 0 Å². The largest absolute Gasteiger partial charge is 0.479 e. The molecule has 3 rings (SSSR count). The zero-order valence-corrected chi connectivity index (χ0v) is 12.1. The van der Waals surface area contributed by atoms with E-state index in [0.29, 0.717) is 0 Å². The molecule has 2 aromatic rings. The van der Waals surface area contributed by atoms with Crippen molar-refractivity contribution in [1.82, 2.24) is 0 Å². The predicted molar refractivity (Wildman–Crippen MR) is 81.4 cm³/mol. The molecule has 1 aliphatic rings. The van der Waals surface area contributed by atoms with Gasteiger partial charge in [-0.15, -0.1) is 0 Å². The van der Waals surface area contributed by atoms with Crippen molar-refractivity contribution in [2.45, 2.75) is 31.8 Å². The molecule has 0 aliphatic heterocycles. The van der Waals surface area contributed by atoms with Crippen LogP contribution in [0.1, 0.15) is 36.5 Å². The van der Waals surface area contributed by atoms with Crippen molar-refractivity contribution < 1.29 is 15.0 Å². The van der Waals surface area contributed by atoms with Crippen LogP contribution in [0.5, 0.6) is 0 Å². The van der Waals surface area contributed by atoms with E-state index >= 15 is 0 Å². The number of hydrogen-bond donors (Lipinski definition) is 2. The van der Waals surface area contributed by atoms with E-state index < -0.39 is 17.5 Å². The molecule has 3 heteroatoms. The smallest absolute Gasteiger partial charge is 0.336 e. The first-order valence-corrected chi connectivity index (χ1v) is 7.08. The number of aliphatic hydroxyl groups is 1. The van der Waals surface area contributed by atoms with E-state index in [9.17, 15) is 9.90 Å². The second-order valence-corrected chi connectivity index (χ2v) is 5.92. The molecule has 0 saturated heterocycles. The third kappa shape index (κ3) is 2.14. The lowest BCUT2D eigenvalue weighted by Crippen LogP contribution is -2.40. The van der Waals surface area contributed by atoms with E-state index in [0.717, 1.165) is 12.0 Å². The van der Waals surface area contributed by atoms with Gasteiger partial charge in [0.05, 0.1) is 0 Å². The maximum atomic E-state index is 11.2. The number of aliphatic carboxylic acids is 1. The molecule has 0 amide bonds. The molecule has 21 heavy (non-hydrogen) atoms. The van der Waals surface area contributed by atoms with Gasteiger partial charge in [-0.1, -0.05) is 49.4 Å². The summed E-state index contributed by atoms with van der Waals surface area (Å²) in [5.74, 6) is -1.66. The number of carboxylic acid groups (broad SMARTS) is 1. The molecule has 2 atom stereocenters. The minimum atomic E-state index is -1.76. The quantitative estimate of drug-likeness (QED) is 0.775. The monoisotopic (exact) mass is 282 g/mol. The van der Waals surface area contributed by atoms with E-state index in [1.54, 1.807) is 6.92 Å². The molecular weight excluding hydrogens is 264 g/mol. The van der Waals surface area contributed by atoms with Crippen molar-refractivity contribution in [2.24, 2.45) is 0 Å². The SMILES string of the molecule is CC(c1ccc2c(c1)Cc1ccccc1-2)C(C)(O)C(=O)O. The van der Waals surface area contributed by atoms with Gasteiger partial charge in [-0.3, -0.25) is 0 Å². The Labute approximate surface area is 123 Å². The fourth-order valence-electron chi connectivity index (χ4n) is 2.94. The standard InChI is InChI=1S/C18H18O3/c1-11(18(2,21)17(19)20)12-7-8-16-14(9-12)10-13-5-3-4-6-15(13)16/h3-9,11,21H,10H2,1-2H3,(H,19,20). The molecule has 0 saturated carbocycles. The molecule has 2 aromatic carbocycles. The first kappa shape index (κ1) is 13.8. The van der Waals surface area contributed by atoms with Gasteiger partial charge in [-0.25, -0.2) is 4.79 Å². The number of hydrogen-bond acceptors (Lipinski definition) is 2. The Morgan fingerprint density at radius 2 is 1.81 bits per heavy atom. The summed E-state index contributed by atoms with van der Waals surface area (Å²) in [6.07, 6.45) is 0.862. The normalized spacial score (nSPS) is 16.7. The number of carboxylic acids is 1. The average Bonchev–Trinajstić information content (AvgIpc) is 2.83. The maximum Gasteiger partial charge on any atom is 0.336 e. The van der Waals surface area contributed by atoms with Gasteiger partial charge in [-0.2, -0.15) is 0 Å². The third-order valence-electron chi connectivity index (χ3n) is 4.59. The first-order chi connectivity index (χ1) is 9.91. The highest BCUT2D eigenvalue weighted by Gasteiger charge is 2.37. The van der Waals surface area contributed by atoms with Crippen molar-refractivity contribution in [3.05, 3.63) is 59.2 Å². The molecule has 0 fully saturated rings. The van der Waals surface area contributed by atoms with E-state index in [-0.39, 0.29) is 0 Å². The van der Waals surface area contributed by atoms with Crippen molar-refractivity contribution in [3.8, 4) is 11.1 Å². The zero-order valence-electron chi connectivity index (χ0n) is 12.1. The highest BCUT2D eigenvalue weighted by atomic mass is 16.4. The molecule has 1 aliphatic carbocycles. The van der Waals surface area contributed by atoms with Crippen LogP contribution in [-0.2, 0) is 11.2 Å². The summed E-state index contributed by atoms with van der Waals surface area (Å²) in [5, 5.41) is 19.3. The van der Waals surface area contributed by atoms with E-state index in [4.69, 9.17) is 5.11 Å². The summed E-state index contributed by atoms with van der Waals surface area (Å²) < 4.78 is 0. The Hall–Kier alpha value is -2.13. The Morgan fingerprint density at radius 1 is 1.14 bits per heavy atom. The fourth-order valence-corrected chi connectivity index (χ4v) is 2.94. The minimum Gasteiger partial charge on any atom is -0.479 e. The molecule has 3 nitrogen and oxygen atoms in total. The topological polar surface area (TPSA) is 57.5 Å². The summed E-state index contributed by atoms with van der Waals surface area (Å²) in [7, 11) is 0. The van der Waals surface area contributed by atoms with Crippen LogP contribution < -0.4 is 0 Å². The molecule has 0 bridgehead atoms.